The maximum Gasteiger partial charge on any atom is 0.573 e. The lowest BCUT2D eigenvalue weighted by molar-refractivity contribution is -0.274. The summed E-state index contributed by atoms with van der Waals surface area (Å²) in [6.45, 7) is 0. The number of hydrogen-bond acceptors (Lipinski definition) is 2. The fraction of sp³-hybridized carbons (Fsp3) is 0.100. The van der Waals surface area contributed by atoms with Gasteiger partial charge in [0.05, 0.1) is 0 Å². The summed E-state index contributed by atoms with van der Waals surface area (Å²) in [7, 11) is 0. The van der Waals surface area contributed by atoms with Crippen molar-refractivity contribution in [3.63, 3.8) is 0 Å². The van der Waals surface area contributed by atoms with Crippen LogP contribution < -0.4 is 10.5 Å². The first-order chi connectivity index (χ1) is 12.7. The lowest BCUT2D eigenvalue weighted by Gasteiger charge is -2.12. The molecule has 0 unspecified atom stereocenters. The Balaban J connectivity index is 1.83. The molecule has 0 amide bonds. The molecule has 0 bridgehead atoms. The van der Waals surface area contributed by atoms with Crippen molar-refractivity contribution in [3.8, 4) is 16.9 Å². The Morgan fingerprint density at radius 1 is 0.889 bits per heavy atom. The molecule has 0 atom stereocenters. The van der Waals surface area contributed by atoms with Crippen LogP contribution in [0.5, 0.6) is 5.75 Å². The van der Waals surface area contributed by atoms with Gasteiger partial charge in [0.15, 0.2) is 0 Å². The monoisotopic (exact) mass is 411 g/mol. The van der Waals surface area contributed by atoms with Crippen LogP contribution in [-0.2, 0) is 6.42 Å². The Kier molecular flexibility index (Phi) is 5.53. The third-order valence-corrected chi connectivity index (χ3v) is 4.67. The number of halogens is 5. The smallest absolute Gasteiger partial charge is 0.406 e. The van der Waals surface area contributed by atoms with Crippen molar-refractivity contribution in [1.29, 1.82) is 0 Å². The van der Waals surface area contributed by atoms with Gasteiger partial charge in [0.25, 0.3) is 0 Å². The zero-order valence-corrected chi connectivity index (χ0v) is 15.4. The zero-order valence-electron chi connectivity index (χ0n) is 13.9. The second-order valence-corrected chi connectivity index (χ2v) is 6.69. The number of rotatable bonds is 4. The van der Waals surface area contributed by atoms with E-state index in [1.165, 1.54) is 24.3 Å². The van der Waals surface area contributed by atoms with Crippen molar-refractivity contribution in [2.75, 3.05) is 5.73 Å². The lowest BCUT2D eigenvalue weighted by atomic mass is 9.98. The minimum absolute atomic E-state index is 0.283. The Labute approximate surface area is 164 Å². The highest BCUT2D eigenvalue weighted by Crippen LogP contribution is 2.32. The second-order valence-electron chi connectivity index (χ2n) is 5.87. The van der Waals surface area contributed by atoms with Crippen molar-refractivity contribution < 1.29 is 17.9 Å². The lowest BCUT2D eigenvalue weighted by Crippen LogP contribution is -2.16. The van der Waals surface area contributed by atoms with Gasteiger partial charge in [0.1, 0.15) is 5.75 Å². The number of nitrogen functional groups attached to an aromatic ring is 1. The first-order valence-electron chi connectivity index (χ1n) is 7.90. The van der Waals surface area contributed by atoms with Crippen LogP contribution in [0, 0.1) is 0 Å². The van der Waals surface area contributed by atoms with Crippen LogP contribution >= 0.6 is 23.2 Å². The van der Waals surface area contributed by atoms with E-state index in [0.717, 1.165) is 11.1 Å². The molecule has 0 aliphatic rings. The molecule has 27 heavy (non-hydrogen) atoms. The molecule has 0 aliphatic carbocycles. The summed E-state index contributed by atoms with van der Waals surface area (Å²) < 4.78 is 40.6. The van der Waals surface area contributed by atoms with E-state index in [9.17, 15) is 13.2 Å². The highest BCUT2D eigenvalue weighted by molar-refractivity contribution is 6.36. The van der Waals surface area contributed by atoms with Crippen molar-refractivity contribution in [2.24, 2.45) is 0 Å². The Hall–Kier alpha value is -2.37. The third kappa shape index (κ3) is 4.87. The number of hydrogen-bond donors (Lipinski definition) is 1. The standard InChI is InChI=1S/C20H14Cl2F3NO/c21-17-2-1-3-18(22)16(17)10-12-4-9-15(19(26)11-12)13-5-7-14(8-6-13)27-20(23,24)25/h1-9,11H,10,26H2. The van der Waals surface area contributed by atoms with Crippen molar-refractivity contribution >= 4 is 28.9 Å². The van der Waals surface area contributed by atoms with Crippen LogP contribution in [0.4, 0.5) is 18.9 Å². The van der Waals surface area contributed by atoms with E-state index in [4.69, 9.17) is 28.9 Å². The van der Waals surface area contributed by atoms with Gasteiger partial charge in [-0.2, -0.15) is 0 Å². The number of nitrogens with two attached hydrogens (primary N) is 1. The minimum Gasteiger partial charge on any atom is -0.406 e. The Morgan fingerprint density at radius 3 is 2.07 bits per heavy atom. The maximum absolute atomic E-state index is 12.2. The molecule has 0 heterocycles. The molecule has 7 heteroatoms. The zero-order chi connectivity index (χ0) is 19.6. The minimum atomic E-state index is -4.72. The van der Waals surface area contributed by atoms with E-state index in [-0.39, 0.29) is 5.75 Å². The second kappa shape index (κ2) is 7.71. The molecule has 0 saturated heterocycles. The van der Waals surface area contributed by atoms with Crippen LogP contribution in [0.15, 0.2) is 60.7 Å². The van der Waals surface area contributed by atoms with Gasteiger partial charge >= 0.3 is 6.36 Å². The molecule has 0 aromatic heterocycles. The molecule has 0 fully saturated rings. The van der Waals surface area contributed by atoms with E-state index in [1.54, 1.807) is 24.3 Å². The molecule has 3 aromatic carbocycles. The summed E-state index contributed by atoms with van der Waals surface area (Å²) in [5.41, 5.74) is 9.77. The summed E-state index contributed by atoms with van der Waals surface area (Å²) in [6, 6.07) is 16.4. The average Bonchev–Trinajstić information content (AvgIpc) is 2.58. The summed E-state index contributed by atoms with van der Waals surface area (Å²) in [4.78, 5) is 0. The molecule has 0 aliphatic heterocycles. The fourth-order valence-electron chi connectivity index (χ4n) is 2.73. The van der Waals surface area contributed by atoms with E-state index >= 15 is 0 Å². The Bertz CT molecular complexity index is 936. The first kappa shape index (κ1) is 19.4. The highest BCUT2D eigenvalue weighted by atomic mass is 35.5. The predicted molar refractivity (Wildman–Crippen MR) is 102 cm³/mol. The van der Waals surface area contributed by atoms with E-state index < -0.39 is 6.36 Å². The highest BCUT2D eigenvalue weighted by Gasteiger charge is 2.30. The molecule has 0 radical (unpaired) electrons. The van der Waals surface area contributed by atoms with Crippen LogP contribution in [0.3, 0.4) is 0 Å². The number of ether oxygens (including phenoxy) is 1. The molecule has 0 saturated carbocycles. The maximum atomic E-state index is 12.2. The van der Waals surface area contributed by atoms with Crippen molar-refractivity contribution in [2.45, 2.75) is 12.8 Å². The third-order valence-electron chi connectivity index (χ3n) is 3.96. The van der Waals surface area contributed by atoms with Crippen LogP contribution in [-0.4, -0.2) is 6.36 Å². The summed E-state index contributed by atoms with van der Waals surface area (Å²) in [6.07, 6.45) is -4.20. The van der Waals surface area contributed by atoms with Crippen LogP contribution in [0.25, 0.3) is 11.1 Å². The molecular formula is C20H14Cl2F3NO. The number of benzene rings is 3. The van der Waals surface area contributed by atoms with Crippen molar-refractivity contribution in [3.05, 3.63) is 81.8 Å². The SMILES string of the molecule is Nc1cc(Cc2c(Cl)cccc2Cl)ccc1-c1ccc(OC(F)(F)F)cc1. The topological polar surface area (TPSA) is 35.2 Å². The fourth-order valence-corrected chi connectivity index (χ4v) is 3.26. The van der Waals surface area contributed by atoms with E-state index in [2.05, 4.69) is 4.74 Å². The molecule has 3 rings (SSSR count). The van der Waals surface area contributed by atoms with Crippen LogP contribution in [0.1, 0.15) is 11.1 Å². The largest absolute Gasteiger partial charge is 0.573 e. The Morgan fingerprint density at radius 2 is 1.52 bits per heavy atom. The number of alkyl halides is 3. The van der Waals surface area contributed by atoms with Gasteiger partial charge in [0.2, 0.25) is 0 Å². The summed E-state index contributed by atoms with van der Waals surface area (Å²) >= 11 is 12.4. The van der Waals surface area contributed by atoms with E-state index in [0.29, 0.717) is 33.3 Å². The van der Waals surface area contributed by atoms with Crippen LogP contribution in [0.2, 0.25) is 10.0 Å². The number of anilines is 1. The molecule has 2 N–H and O–H groups in total. The summed E-state index contributed by atoms with van der Waals surface area (Å²) in [5, 5.41) is 1.15. The van der Waals surface area contributed by atoms with E-state index in [1.807, 2.05) is 12.1 Å². The van der Waals surface area contributed by atoms with Gasteiger partial charge in [0, 0.05) is 27.7 Å². The van der Waals surface area contributed by atoms with Gasteiger partial charge in [-0.05, 0) is 47.0 Å². The average molecular weight is 412 g/mol. The van der Waals surface area contributed by atoms with Gasteiger partial charge in [-0.15, -0.1) is 13.2 Å². The first-order valence-corrected chi connectivity index (χ1v) is 8.66. The molecule has 2 nitrogen and oxygen atoms in total. The molecule has 3 aromatic rings. The van der Waals surface area contributed by atoms with Crippen molar-refractivity contribution in [1.82, 2.24) is 0 Å². The molecule has 0 spiro atoms. The van der Waals surface area contributed by atoms with Gasteiger partial charge < -0.3 is 10.5 Å². The van der Waals surface area contributed by atoms with Gasteiger partial charge in [-0.3, -0.25) is 0 Å². The quantitative estimate of drug-likeness (QED) is 0.482. The molecule has 140 valence electrons. The molecular weight excluding hydrogens is 398 g/mol. The normalized spacial score (nSPS) is 11.4. The van der Waals surface area contributed by atoms with Gasteiger partial charge in [-0.25, -0.2) is 0 Å². The van der Waals surface area contributed by atoms with Gasteiger partial charge in [-0.1, -0.05) is 53.5 Å². The predicted octanol–water partition coefficient (Wildman–Crippen LogP) is 6.73. The summed E-state index contributed by atoms with van der Waals surface area (Å²) in [5.74, 6) is -0.283.